The number of nitrogens with one attached hydrogen (secondary N) is 7. The van der Waals surface area contributed by atoms with E-state index in [9.17, 15) is 19.2 Å². The van der Waals surface area contributed by atoms with Crippen LogP contribution in [-0.4, -0.2) is 57.0 Å². The molecular weight excluding hydrogens is 713 g/mol. The molecule has 2 unspecified atom stereocenters. The molecule has 54 heavy (non-hydrogen) atoms. The molecule has 2 atom stereocenters. The molecule has 0 aliphatic heterocycles. The number of tetrazole rings is 1. The highest BCUT2D eigenvalue weighted by Crippen LogP contribution is 2.23. The molecule has 7 N–H and O–H groups in total. The Morgan fingerprint density at radius 3 is 1.78 bits per heavy atom. The lowest BCUT2D eigenvalue weighted by atomic mass is 10.1. The second-order valence-electron chi connectivity index (χ2n) is 11.6. The highest BCUT2D eigenvalue weighted by Gasteiger charge is 2.20. The first-order valence-electron chi connectivity index (χ1n) is 16.9. The molecule has 17 heteroatoms. The van der Waals surface area contributed by atoms with Crippen LogP contribution in [0.2, 0.25) is 0 Å². The number of aryl methyl sites for hydroxylation is 2. The zero-order valence-corrected chi connectivity index (χ0v) is 30.9. The number of amides is 4. The molecule has 0 aliphatic rings. The van der Waals surface area contributed by atoms with Gasteiger partial charge in [-0.25, -0.2) is 4.68 Å². The lowest BCUT2D eigenvalue weighted by Gasteiger charge is -2.19. The van der Waals surface area contributed by atoms with Crippen LogP contribution in [0.15, 0.2) is 91.0 Å². The number of H-pyrrole nitrogens is 1. The third kappa shape index (κ3) is 11.9. The van der Waals surface area contributed by atoms with Crippen LogP contribution in [0, 0.1) is 18.6 Å². The van der Waals surface area contributed by atoms with Crippen molar-refractivity contribution in [1.82, 2.24) is 31.1 Å². The summed E-state index contributed by atoms with van der Waals surface area (Å²) < 4.78 is 13.6. The molecule has 0 saturated carbocycles. The van der Waals surface area contributed by atoms with Gasteiger partial charge in [-0.3, -0.25) is 40.9 Å². The first kappa shape index (κ1) is 40.0. The summed E-state index contributed by atoms with van der Waals surface area (Å²) in [4.78, 5) is 45.6. The Labute approximate surface area is 316 Å². The van der Waals surface area contributed by atoms with Crippen LogP contribution in [-0.2, 0) is 19.2 Å². The first-order chi connectivity index (χ1) is 26.1. The highest BCUT2D eigenvalue weighted by molar-refractivity contribution is 7.71. The number of benzene rings is 4. The number of nitrogens with zero attached hydrogens (tertiary/aromatic N) is 3. The van der Waals surface area contributed by atoms with Crippen molar-refractivity contribution in [2.45, 2.75) is 52.7 Å². The first-order valence-corrected chi connectivity index (χ1v) is 17.3. The second kappa shape index (κ2) is 20.3. The Bertz CT molecular complexity index is 2050. The van der Waals surface area contributed by atoms with E-state index in [0.29, 0.717) is 65.6 Å². The van der Waals surface area contributed by atoms with Gasteiger partial charge < -0.3 is 20.1 Å². The molecule has 4 aromatic carbocycles. The summed E-state index contributed by atoms with van der Waals surface area (Å²) in [5.74, 6) is 0.756. The minimum absolute atomic E-state index is 0.200. The SMILES string of the molecule is CCC(Oc1ccc(C)cc1C)C(=O)Nc1ccc(NNC=O)cc1.CCC(Oc1cccc(-n2[nH]nnc2=S)c1)C(=O)Nc1ccc(NNC=O)cc1. The van der Waals surface area contributed by atoms with Gasteiger partial charge in [-0.15, -0.1) is 0 Å². The second-order valence-corrected chi connectivity index (χ2v) is 12.0. The lowest BCUT2D eigenvalue weighted by Crippen LogP contribution is -2.32. The molecule has 1 heterocycles. The maximum atomic E-state index is 12.6. The van der Waals surface area contributed by atoms with Crippen molar-refractivity contribution in [1.29, 1.82) is 0 Å². The number of aromatic nitrogens is 4. The van der Waals surface area contributed by atoms with Crippen molar-refractivity contribution in [3.63, 3.8) is 0 Å². The highest BCUT2D eigenvalue weighted by atomic mass is 32.1. The third-order valence-corrected chi connectivity index (χ3v) is 7.87. The standard InChI is InChI=1S/C19H23N3O3.C18H19N7O3S/c1-4-17(25-18-10-5-13(2)11-14(18)3)19(24)21-15-6-8-16(9-7-15)22-20-12-23;1-2-16(17(27)20-12-6-8-13(9-7-12)21-19-11-26)28-15-5-3-4-14(10-15)25-18(29)22-23-24-25/h5-12,17,22H,4H2,1-3H3,(H,20,23)(H,21,24);3-11,16,21H,2H2,1H3,(H,19,26)(H,20,27)(H,22,24,29). The van der Waals surface area contributed by atoms with Gasteiger partial charge >= 0.3 is 0 Å². The fourth-order valence-corrected chi connectivity index (χ4v) is 5.09. The summed E-state index contributed by atoms with van der Waals surface area (Å²) in [7, 11) is 0. The van der Waals surface area contributed by atoms with Gasteiger partial charge in [0.1, 0.15) is 11.5 Å². The van der Waals surface area contributed by atoms with Crippen LogP contribution in [0.5, 0.6) is 11.5 Å². The summed E-state index contributed by atoms with van der Waals surface area (Å²) in [6.45, 7) is 7.75. The number of hydrogen-bond acceptors (Lipinski definition) is 11. The van der Waals surface area contributed by atoms with Crippen molar-refractivity contribution in [3.8, 4) is 17.2 Å². The number of carbonyl (C=O) groups is 4. The fraction of sp³-hybridized carbons (Fsp3) is 0.216. The molecule has 16 nitrogen and oxygen atoms in total. The minimum Gasteiger partial charge on any atom is -0.481 e. The molecular formula is C37H42N10O6S. The molecule has 1 aromatic heterocycles. The van der Waals surface area contributed by atoms with Crippen LogP contribution in [0.25, 0.3) is 5.69 Å². The number of hydrogen-bond donors (Lipinski definition) is 7. The van der Waals surface area contributed by atoms with E-state index in [0.717, 1.165) is 11.1 Å². The van der Waals surface area contributed by atoms with Crippen LogP contribution in [0.3, 0.4) is 0 Å². The number of hydrazine groups is 2. The van der Waals surface area contributed by atoms with E-state index in [1.807, 2.05) is 52.0 Å². The maximum absolute atomic E-state index is 12.6. The summed E-state index contributed by atoms with van der Waals surface area (Å²) in [6, 6.07) is 26.9. The summed E-state index contributed by atoms with van der Waals surface area (Å²) in [5, 5.41) is 15.7. The van der Waals surface area contributed by atoms with Crippen molar-refractivity contribution in [2.75, 3.05) is 21.5 Å². The molecule has 0 fully saturated rings. The Balaban J connectivity index is 0.000000244. The third-order valence-electron chi connectivity index (χ3n) is 7.61. The molecule has 0 aliphatic carbocycles. The number of carbonyl (C=O) groups excluding carboxylic acids is 4. The summed E-state index contributed by atoms with van der Waals surface area (Å²) in [6.07, 6.45) is 0.853. The number of rotatable bonds is 17. The summed E-state index contributed by atoms with van der Waals surface area (Å²) in [5.41, 5.74) is 15.6. The van der Waals surface area contributed by atoms with Crippen molar-refractivity contribution in [3.05, 3.63) is 107 Å². The Kier molecular flexibility index (Phi) is 15.1. The number of anilines is 4. The average molecular weight is 755 g/mol. The van der Waals surface area contributed by atoms with Gasteiger partial charge in [0.05, 0.1) is 17.1 Å². The van der Waals surface area contributed by atoms with E-state index in [1.165, 1.54) is 4.68 Å². The molecule has 0 saturated heterocycles. The van der Waals surface area contributed by atoms with E-state index in [1.54, 1.807) is 66.7 Å². The van der Waals surface area contributed by atoms with E-state index >= 15 is 0 Å². The molecule has 0 bridgehead atoms. The minimum atomic E-state index is -0.687. The topological polar surface area (TPSA) is 205 Å². The molecule has 0 radical (unpaired) electrons. The van der Waals surface area contributed by atoms with Crippen LogP contribution in [0.1, 0.15) is 37.8 Å². The Morgan fingerprint density at radius 2 is 1.30 bits per heavy atom. The molecule has 5 aromatic rings. The summed E-state index contributed by atoms with van der Waals surface area (Å²) >= 11 is 5.10. The van der Waals surface area contributed by atoms with E-state index in [-0.39, 0.29) is 16.6 Å². The predicted molar refractivity (Wildman–Crippen MR) is 208 cm³/mol. The maximum Gasteiger partial charge on any atom is 0.265 e. The number of ether oxygens (including phenoxy) is 2. The van der Waals surface area contributed by atoms with Crippen molar-refractivity contribution >= 4 is 59.6 Å². The van der Waals surface area contributed by atoms with Crippen molar-refractivity contribution in [2.24, 2.45) is 0 Å². The van der Waals surface area contributed by atoms with Gasteiger partial charge in [-0.05, 0) is 111 Å². The molecule has 282 valence electrons. The zero-order valence-electron chi connectivity index (χ0n) is 30.1. The molecule has 4 amide bonds. The van der Waals surface area contributed by atoms with Gasteiger partial charge in [0.25, 0.3) is 11.8 Å². The van der Waals surface area contributed by atoms with Gasteiger partial charge in [0.15, 0.2) is 12.2 Å². The lowest BCUT2D eigenvalue weighted by molar-refractivity contribution is -0.123. The zero-order chi connectivity index (χ0) is 38.9. The van der Waals surface area contributed by atoms with Crippen LogP contribution >= 0.6 is 12.2 Å². The quantitative estimate of drug-likeness (QED) is 0.0365. The smallest absolute Gasteiger partial charge is 0.265 e. The van der Waals surface area contributed by atoms with Gasteiger partial charge in [-0.2, -0.15) is 5.21 Å². The fourth-order valence-electron chi connectivity index (χ4n) is 4.90. The Hall–Kier alpha value is -6.75. The largest absolute Gasteiger partial charge is 0.481 e. The van der Waals surface area contributed by atoms with Gasteiger partial charge in [0.2, 0.25) is 17.6 Å². The van der Waals surface area contributed by atoms with Crippen molar-refractivity contribution < 1.29 is 28.7 Å². The monoisotopic (exact) mass is 754 g/mol. The number of aromatic amines is 1. The molecule has 0 spiro atoms. The predicted octanol–water partition coefficient (Wildman–Crippen LogP) is 5.37. The van der Waals surface area contributed by atoms with E-state index in [2.05, 4.69) is 47.9 Å². The average Bonchev–Trinajstić information content (AvgIpc) is 3.62. The molecule has 5 rings (SSSR count). The van der Waals surface area contributed by atoms with Crippen LogP contribution in [0.4, 0.5) is 22.7 Å². The van der Waals surface area contributed by atoms with Gasteiger partial charge in [-0.1, -0.05) is 47.9 Å². The van der Waals surface area contributed by atoms with E-state index in [4.69, 9.17) is 21.7 Å². The van der Waals surface area contributed by atoms with Gasteiger partial charge in [0, 0.05) is 17.4 Å². The normalized spacial score (nSPS) is 11.3. The Morgan fingerprint density at radius 1 is 0.759 bits per heavy atom. The van der Waals surface area contributed by atoms with E-state index < -0.39 is 12.2 Å². The van der Waals surface area contributed by atoms with Crippen LogP contribution < -0.4 is 41.8 Å².